The Balaban J connectivity index is 1.48. The summed E-state index contributed by atoms with van der Waals surface area (Å²) in [4.78, 5) is 32.5. The molecule has 4 rings (SSSR count). The zero-order valence-corrected chi connectivity index (χ0v) is 21.8. The molecule has 0 bridgehead atoms. The van der Waals surface area contributed by atoms with Gasteiger partial charge in [0.15, 0.2) is 16.7 Å². The summed E-state index contributed by atoms with van der Waals surface area (Å²) in [5, 5.41) is 2.88. The van der Waals surface area contributed by atoms with E-state index in [4.69, 9.17) is 19.2 Å². The molecule has 37 heavy (non-hydrogen) atoms. The number of amidine groups is 1. The number of methoxy groups -OCH3 is 3. The Morgan fingerprint density at radius 3 is 2.35 bits per heavy atom. The van der Waals surface area contributed by atoms with Crippen molar-refractivity contribution in [2.75, 3.05) is 33.2 Å². The van der Waals surface area contributed by atoms with Gasteiger partial charge in [-0.1, -0.05) is 36.0 Å². The van der Waals surface area contributed by atoms with E-state index in [1.807, 2.05) is 48.5 Å². The molecule has 0 saturated carbocycles. The first kappa shape index (κ1) is 26.1. The number of hydrogen-bond acceptors (Lipinski definition) is 7. The van der Waals surface area contributed by atoms with E-state index in [9.17, 15) is 9.59 Å². The van der Waals surface area contributed by atoms with Crippen molar-refractivity contribution < 1.29 is 23.8 Å². The van der Waals surface area contributed by atoms with Gasteiger partial charge in [0.05, 0.1) is 27.0 Å². The van der Waals surface area contributed by atoms with Gasteiger partial charge < -0.3 is 19.5 Å². The fraction of sp³-hybridized carbons (Fsp3) is 0.250. The lowest BCUT2D eigenvalue weighted by Crippen LogP contribution is -2.35. The molecule has 3 aromatic carbocycles. The van der Waals surface area contributed by atoms with Crippen molar-refractivity contribution in [3.63, 3.8) is 0 Å². The van der Waals surface area contributed by atoms with Crippen molar-refractivity contribution in [2.24, 2.45) is 4.99 Å². The summed E-state index contributed by atoms with van der Waals surface area (Å²) in [5.74, 6) is 1.61. The average Bonchev–Trinajstić information content (AvgIpc) is 3.21. The third-order valence-electron chi connectivity index (χ3n) is 5.82. The number of ether oxygens (including phenoxy) is 3. The molecular weight excluding hydrogens is 490 g/mol. The van der Waals surface area contributed by atoms with Gasteiger partial charge in [0.1, 0.15) is 11.0 Å². The number of hydrogen-bond donors (Lipinski definition) is 1. The van der Waals surface area contributed by atoms with Crippen molar-refractivity contribution in [1.29, 1.82) is 0 Å². The van der Waals surface area contributed by atoms with E-state index in [0.29, 0.717) is 41.1 Å². The molecule has 0 aromatic heterocycles. The van der Waals surface area contributed by atoms with Gasteiger partial charge in [-0.05, 0) is 60.5 Å². The van der Waals surface area contributed by atoms with E-state index in [1.165, 1.54) is 11.8 Å². The highest BCUT2D eigenvalue weighted by atomic mass is 32.2. The number of thioether (sulfide) groups is 1. The first-order chi connectivity index (χ1) is 18.0. The number of carbonyl (C=O) groups excluding carboxylic acids is 2. The Morgan fingerprint density at radius 1 is 0.946 bits per heavy atom. The Labute approximate surface area is 220 Å². The number of amides is 2. The van der Waals surface area contributed by atoms with Crippen molar-refractivity contribution in [1.82, 2.24) is 4.90 Å². The predicted molar refractivity (Wildman–Crippen MR) is 146 cm³/mol. The van der Waals surface area contributed by atoms with Crippen molar-refractivity contribution in [3.05, 3.63) is 78.4 Å². The third kappa shape index (κ3) is 6.62. The molecule has 0 spiro atoms. The molecule has 1 atom stereocenters. The second kappa shape index (κ2) is 12.3. The number of aliphatic imine (C=N–C) groups is 1. The van der Waals surface area contributed by atoms with E-state index in [-0.39, 0.29) is 18.2 Å². The molecule has 0 aliphatic carbocycles. The molecule has 1 saturated heterocycles. The third-order valence-corrected chi connectivity index (χ3v) is 6.99. The summed E-state index contributed by atoms with van der Waals surface area (Å²) in [6, 6.07) is 22.2. The number of nitrogens with zero attached hydrogens (tertiary/aromatic N) is 2. The van der Waals surface area contributed by atoms with Gasteiger partial charge in [-0.3, -0.25) is 14.5 Å². The van der Waals surface area contributed by atoms with Crippen LogP contribution < -0.4 is 19.5 Å². The minimum absolute atomic E-state index is 0.0379. The average molecular weight is 520 g/mol. The molecular formula is C28H29N3O5S. The lowest BCUT2D eigenvalue weighted by atomic mass is 10.1. The molecule has 1 N–H and O–H groups in total. The van der Waals surface area contributed by atoms with E-state index >= 15 is 0 Å². The van der Waals surface area contributed by atoms with Gasteiger partial charge in [0.2, 0.25) is 11.8 Å². The summed E-state index contributed by atoms with van der Waals surface area (Å²) in [7, 11) is 4.77. The molecule has 1 fully saturated rings. The fourth-order valence-corrected chi connectivity index (χ4v) is 5.06. The van der Waals surface area contributed by atoms with Gasteiger partial charge in [0, 0.05) is 18.7 Å². The molecule has 1 heterocycles. The maximum absolute atomic E-state index is 13.4. The summed E-state index contributed by atoms with van der Waals surface area (Å²) < 4.78 is 15.9. The SMILES string of the molecule is COc1ccc(NC(=O)C[C@H]2SC(=Nc3ccccc3)N(CCc3ccc(OC)c(OC)c3)C2=O)cc1. The number of anilines is 1. The van der Waals surface area contributed by atoms with Crippen LogP contribution in [-0.4, -0.2) is 55.0 Å². The predicted octanol–water partition coefficient (Wildman–Crippen LogP) is 4.92. The minimum Gasteiger partial charge on any atom is -0.497 e. The maximum Gasteiger partial charge on any atom is 0.242 e. The highest BCUT2D eigenvalue weighted by Crippen LogP contribution is 2.33. The lowest BCUT2D eigenvalue weighted by Gasteiger charge is -2.17. The van der Waals surface area contributed by atoms with Crippen molar-refractivity contribution in [2.45, 2.75) is 18.1 Å². The van der Waals surface area contributed by atoms with E-state index in [2.05, 4.69) is 5.32 Å². The van der Waals surface area contributed by atoms with Gasteiger partial charge in [0.25, 0.3) is 0 Å². The molecule has 1 aliphatic rings. The van der Waals surface area contributed by atoms with Crippen LogP contribution >= 0.6 is 11.8 Å². The number of para-hydroxylation sites is 1. The van der Waals surface area contributed by atoms with Crippen LogP contribution in [0.5, 0.6) is 17.2 Å². The zero-order chi connectivity index (χ0) is 26.2. The lowest BCUT2D eigenvalue weighted by molar-refractivity contribution is -0.128. The van der Waals surface area contributed by atoms with Crippen LogP contribution in [0.2, 0.25) is 0 Å². The standard InChI is InChI=1S/C28H29N3O5S/c1-34-22-12-10-21(11-13-22)29-26(32)18-25-27(33)31(28(37-25)30-20-7-5-4-6-8-20)16-15-19-9-14-23(35-2)24(17-19)36-3/h4-14,17,25H,15-16,18H2,1-3H3,(H,29,32)/t25-/m1/s1. The van der Waals surface area contributed by atoms with Crippen LogP contribution in [0.1, 0.15) is 12.0 Å². The van der Waals surface area contributed by atoms with Crippen molar-refractivity contribution >= 4 is 40.1 Å². The second-order valence-corrected chi connectivity index (χ2v) is 9.42. The summed E-state index contributed by atoms with van der Waals surface area (Å²) in [6.07, 6.45) is 0.626. The van der Waals surface area contributed by atoms with E-state index in [1.54, 1.807) is 50.5 Å². The summed E-state index contributed by atoms with van der Waals surface area (Å²) in [5.41, 5.74) is 2.39. The molecule has 0 unspecified atom stereocenters. The Bertz CT molecular complexity index is 1260. The van der Waals surface area contributed by atoms with Crippen LogP contribution in [0.4, 0.5) is 11.4 Å². The van der Waals surface area contributed by atoms with Crippen LogP contribution in [0.3, 0.4) is 0 Å². The Hall–Kier alpha value is -3.98. The first-order valence-electron chi connectivity index (χ1n) is 11.8. The molecule has 8 nitrogen and oxygen atoms in total. The topological polar surface area (TPSA) is 89.5 Å². The molecule has 9 heteroatoms. The molecule has 1 aliphatic heterocycles. The van der Waals surface area contributed by atoms with Crippen LogP contribution in [0, 0.1) is 0 Å². The largest absolute Gasteiger partial charge is 0.497 e. The Morgan fingerprint density at radius 2 is 1.68 bits per heavy atom. The van der Waals surface area contributed by atoms with Gasteiger partial charge in [-0.15, -0.1) is 0 Å². The summed E-state index contributed by atoms with van der Waals surface area (Å²) in [6.45, 7) is 0.420. The van der Waals surface area contributed by atoms with Crippen LogP contribution in [0.25, 0.3) is 0 Å². The number of benzene rings is 3. The molecule has 0 radical (unpaired) electrons. The van der Waals surface area contributed by atoms with Gasteiger partial charge >= 0.3 is 0 Å². The van der Waals surface area contributed by atoms with Gasteiger partial charge in [-0.2, -0.15) is 0 Å². The van der Waals surface area contributed by atoms with E-state index < -0.39 is 5.25 Å². The normalized spacial score (nSPS) is 16.1. The number of carbonyl (C=O) groups is 2. The monoisotopic (exact) mass is 519 g/mol. The molecule has 3 aromatic rings. The highest BCUT2D eigenvalue weighted by Gasteiger charge is 2.39. The van der Waals surface area contributed by atoms with Crippen LogP contribution in [-0.2, 0) is 16.0 Å². The number of rotatable bonds is 10. The minimum atomic E-state index is -0.564. The van der Waals surface area contributed by atoms with E-state index in [0.717, 1.165) is 11.3 Å². The van der Waals surface area contributed by atoms with Gasteiger partial charge in [-0.25, -0.2) is 4.99 Å². The number of nitrogens with one attached hydrogen (secondary N) is 1. The second-order valence-electron chi connectivity index (χ2n) is 8.25. The quantitative estimate of drug-likeness (QED) is 0.409. The first-order valence-corrected chi connectivity index (χ1v) is 12.6. The van der Waals surface area contributed by atoms with Crippen LogP contribution in [0.15, 0.2) is 77.8 Å². The Kier molecular flexibility index (Phi) is 8.68. The molecule has 2 amide bonds. The highest BCUT2D eigenvalue weighted by molar-refractivity contribution is 8.15. The maximum atomic E-state index is 13.4. The summed E-state index contributed by atoms with van der Waals surface area (Å²) >= 11 is 1.32. The molecule has 192 valence electrons. The van der Waals surface area contributed by atoms with Crippen molar-refractivity contribution in [3.8, 4) is 17.2 Å². The fourth-order valence-electron chi connectivity index (χ4n) is 3.88. The zero-order valence-electron chi connectivity index (χ0n) is 21.0. The smallest absolute Gasteiger partial charge is 0.242 e.